The Labute approximate surface area is 123 Å². The van der Waals surface area contributed by atoms with Gasteiger partial charge in [-0.1, -0.05) is 25.1 Å². The van der Waals surface area contributed by atoms with E-state index in [4.69, 9.17) is 5.11 Å². The lowest BCUT2D eigenvalue weighted by atomic mass is 9.99. The van der Waals surface area contributed by atoms with Crippen molar-refractivity contribution in [3.05, 3.63) is 48.3 Å². The number of hydrogen-bond acceptors (Lipinski definition) is 2. The number of benzene rings is 1. The predicted octanol–water partition coefficient (Wildman–Crippen LogP) is 2.54. The van der Waals surface area contributed by atoms with Crippen LogP contribution in [0.5, 0.6) is 0 Å². The Balaban J connectivity index is 2.60. The summed E-state index contributed by atoms with van der Waals surface area (Å²) in [7, 11) is 0. The summed E-state index contributed by atoms with van der Waals surface area (Å²) in [5.74, 6) is -2.20. The fourth-order valence-electron chi connectivity index (χ4n) is 1.97. The predicted molar refractivity (Wildman–Crippen MR) is 78.3 cm³/mol. The molecule has 2 unspecified atom stereocenters. The molecular formula is C16H20FNO3. The molecule has 0 bridgehead atoms. The second kappa shape index (κ2) is 8.19. The maximum absolute atomic E-state index is 13.1. The van der Waals surface area contributed by atoms with Gasteiger partial charge < -0.3 is 10.4 Å². The number of aliphatic carboxylic acids is 1. The Hall–Kier alpha value is -2.17. The number of halogens is 1. The third kappa shape index (κ3) is 5.77. The van der Waals surface area contributed by atoms with Gasteiger partial charge in [0.15, 0.2) is 0 Å². The van der Waals surface area contributed by atoms with Crippen molar-refractivity contribution in [3.8, 4) is 0 Å². The molecule has 0 saturated heterocycles. The van der Waals surface area contributed by atoms with Crippen LogP contribution in [0.4, 0.5) is 4.39 Å². The quantitative estimate of drug-likeness (QED) is 0.724. The van der Waals surface area contributed by atoms with Crippen molar-refractivity contribution >= 4 is 11.9 Å². The van der Waals surface area contributed by atoms with Crippen molar-refractivity contribution in [2.75, 3.05) is 0 Å². The van der Waals surface area contributed by atoms with Crippen LogP contribution in [-0.2, 0) is 16.0 Å². The van der Waals surface area contributed by atoms with E-state index in [2.05, 4.69) is 11.9 Å². The minimum Gasteiger partial charge on any atom is -0.480 e. The van der Waals surface area contributed by atoms with Gasteiger partial charge in [-0.25, -0.2) is 9.18 Å². The lowest BCUT2D eigenvalue weighted by Gasteiger charge is -2.17. The molecule has 0 spiro atoms. The number of carboxylic acid groups (broad SMARTS) is 1. The Morgan fingerprint density at radius 2 is 2.19 bits per heavy atom. The van der Waals surface area contributed by atoms with Crippen LogP contribution in [0.2, 0.25) is 0 Å². The first kappa shape index (κ1) is 16.9. The number of hydrogen-bond donors (Lipinski definition) is 2. The second-order valence-corrected chi connectivity index (χ2v) is 5.00. The van der Waals surface area contributed by atoms with Gasteiger partial charge in [-0.2, -0.15) is 0 Å². The molecule has 0 aromatic heterocycles. The average Bonchev–Trinajstić information content (AvgIpc) is 2.42. The maximum Gasteiger partial charge on any atom is 0.326 e. The first-order valence-electron chi connectivity index (χ1n) is 6.82. The highest BCUT2D eigenvalue weighted by atomic mass is 19.1. The van der Waals surface area contributed by atoms with Crippen LogP contribution in [0.1, 0.15) is 25.3 Å². The number of allylic oxidation sites excluding steroid dienone is 1. The molecule has 0 aliphatic heterocycles. The number of nitrogens with one attached hydrogen (secondary N) is 1. The van der Waals surface area contributed by atoms with Gasteiger partial charge in [0.1, 0.15) is 11.9 Å². The molecule has 0 radical (unpaired) electrons. The molecule has 2 N–H and O–H groups in total. The maximum atomic E-state index is 13.1. The van der Waals surface area contributed by atoms with E-state index in [0.29, 0.717) is 24.8 Å². The molecule has 1 rings (SSSR count). The van der Waals surface area contributed by atoms with Crippen LogP contribution >= 0.6 is 0 Å². The molecule has 0 saturated carbocycles. The van der Waals surface area contributed by atoms with E-state index in [1.807, 2.05) is 0 Å². The SMILES string of the molecule is C=CCCC(NC(=O)C(C)Cc1cccc(F)c1)C(=O)O. The minimum atomic E-state index is -1.07. The molecule has 114 valence electrons. The van der Waals surface area contributed by atoms with Crippen molar-refractivity contribution in [2.24, 2.45) is 5.92 Å². The van der Waals surface area contributed by atoms with Crippen LogP contribution in [-0.4, -0.2) is 23.0 Å². The number of amides is 1. The average molecular weight is 293 g/mol. The second-order valence-electron chi connectivity index (χ2n) is 5.00. The number of rotatable bonds is 8. The van der Waals surface area contributed by atoms with Crippen LogP contribution in [0.15, 0.2) is 36.9 Å². The fourth-order valence-corrected chi connectivity index (χ4v) is 1.97. The van der Waals surface area contributed by atoms with Crippen LogP contribution in [0.25, 0.3) is 0 Å². The van der Waals surface area contributed by atoms with E-state index >= 15 is 0 Å². The molecule has 0 fully saturated rings. The van der Waals surface area contributed by atoms with Gasteiger partial charge in [0.2, 0.25) is 5.91 Å². The highest BCUT2D eigenvalue weighted by Gasteiger charge is 2.22. The monoisotopic (exact) mass is 293 g/mol. The molecule has 21 heavy (non-hydrogen) atoms. The van der Waals surface area contributed by atoms with Gasteiger partial charge in [0, 0.05) is 5.92 Å². The normalized spacial score (nSPS) is 13.2. The van der Waals surface area contributed by atoms with E-state index in [9.17, 15) is 14.0 Å². The summed E-state index contributed by atoms with van der Waals surface area (Å²) in [5, 5.41) is 11.6. The molecule has 1 amide bonds. The number of carboxylic acids is 1. The van der Waals surface area contributed by atoms with Crippen molar-refractivity contribution in [3.63, 3.8) is 0 Å². The molecule has 4 nitrogen and oxygen atoms in total. The van der Waals surface area contributed by atoms with Gasteiger partial charge in [0.05, 0.1) is 0 Å². The standard InChI is InChI=1S/C16H20FNO3/c1-3-4-8-14(16(20)21)18-15(19)11(2)9-12-6-5-7-13(17)10-12/h3,5-7,10-11,14H,1,4,8-9H2,2H3,(H,18,19)(H,20,21). The van der Waals surface area contributed by atoms with Crippen molar-refractivity contribution < 1.29 is 19.1 Å². The first-order valence-corrected chi connectivity index (χ1v) is 6.82. The van der Waals surface area contributed by atoms with E-state index in [1.54, 1.807) is 25.1 Å². The zero-order chi connectivity index (χ0) is 15.8. The van der Waals surface area contributed by atoms with E-state index < -0.39 is 17.9 Å². The topological polar surface area (TPSA) is 66.4 Å². The number of carbonyl (C=O) groups is 2. The third-order valence-electron chi connectivity index (χ3n) is 3.15. The molecule has 1 aromatic rings. The third-order valence-corrected chi connectivity index (χ3v) is 3.15. The molecule has 0 aliphatic carbocycles. The van der Waals surface area contributed by atoms with Gasteiger partial charge in [0.25, 0.3) is 0 Å². The summed E-state index contributed by atoms with van der Waals surface area (Å²) < 4.78 is 13.1. The molecule has 5 heteroatoms. The van der Waals surface area contributed by atoms with Crippen LogP contribution in [0.3, 0.4) is 0 Å². The Morgan fingerprint density at radius 1 is 1.48 bits per heavy atom. The number of carbonyl (C=O) groups excluding carboxylic acids is 1. The van der Waals surface area contributed by atoms with Gasteiger partial charge in [-0.3, -0.25) is 4.79 Å². The summed E-state index contributed by atoms with van der Waals surface area (Å²) in [6.45, 7) is 5.22. The summed E-state index contributed by atoms with van der Waals surface area (Å²) in [6.07, 6.45) is 2.78. The summed E-state index contributed by atoms with van der Waals surface area (Å²) >= 11 is 0. The Kier molecular flexibility index (Phi) is 6.59. The summed E-state index contributed by atoms with van der Waals surface area (Å²) in [4.78, 5) is 23.1. The zero-order valence-corrected chi connectivity index (χ0v) is 12.0. The van der Waals surface area contributed by atoms with Gasteiger partial charge in [-0.15, -0.1) is 6.58 Å². The molecular weight excluding hydrogens is 273 g/mol. The molecule has 0 aliphatic rings. The van der Waals surface area contributed by atoms with Crippen LogP contribution in [0, 0.1) is 11.7 Å². The lowest BCUT2D eigenvalue weighted by molar-refractivity contribution is -0.142. The van der Waals surface area contributed by atoms with Crippen molar-refractivity contribution in [2.45, 2.75) is 32.2 Å². The first-order chi connectivity index (χ1) is 9.93. The Bertz CT molecular complexity index is 516. The van der Waals surface area contributed by atoms with Crippen molar-refractivity contribution in [1.82, 2.24) is 5.32 Å². The largest absolute Gasteiger partial charge is 0.480 e. The van der Waals surface area contributed by atoms with Crippen LogP contribution < -0.4 is 5.32 Å². The fraction of sp³-hybridized carbons (Fsp3) is 0.375. The summed E-state index contributed by atoms with van der Waals surface area (Å²) in [6, 6.07) is 5.10. The van der Waals surface area contributed by atoms with Crippen molar-refractivity contribution in [1.29, 1.82) is 0 Å². The van der Waals surface area contributed by atoms with E-state index in [-0.39, 0.29) is 11.7 Å². The zero-order valence-electron chi connectivity index (χ0n) is 12.0. The molecule has 1 aromatic carbocycles. The highest BCUT2D eigenvalue weighted by Crippen LogP contribution is 2.11. The minimum absolute atomic E-state index is 0.303. The lowest BCUT2D eigenvalue weighted by Crippen LogP contribution is -2.43. The summed E-state index contributed by atoms with van der Waals surface area (Å²) in [5.41, 5.74) is 0.704. The molecule has 2 atom stereocenters. The smallest absolute Gasteiger partial charge is 0.326 e. The highest BCUT2D eigenvalue weighted by molar-refractivity contribution is 5.84. The van der Waals surface area contributed by atoms with Gasteiger partial charge >= 0.3 is 5.97 Å². The van der Waals surface area contributed by atoms with Gasteiger partial charge in [-0.05, 0) is 37.0 Å². The Morgan fingerprint density at radius 3 is 2.76 bits per heavy atom. The molecule has 0 heterocycles. The van der Waals surface area contributed by atoms with E-state index in [1.165, 1.54) is 12.1 Å². The van der Waals surface area contributed by atoms with E-state index in [0.717, 1.165) is 0 Å².